The van der Waals surface area contributed by atoms with Gasteiger partial charge in [0, 0.05) is 38.8 Å². The number of morpholine rings is 1. The van der Waals surface area contributed by atoms with E-state index in [1.54, 1.807) is 19.4 Å². The maximum atomic E-state index is 13.1. The number of likely N-dealkylation sites (N-methyl/N-ethyl adjacent to an activating group) is 1. The maximum Gasteiger partial charge on any atom is 0.254 e. The molecule has 2 fully saturated rings. The number of nitrogens with zero attached hydrogens (tertiary/aromatic N) is 2. The molecule has 1 aliphatic heterocycles. The minimum Gasteiger partial charge on any atom is -0.361 e. The molecule has 0 spiro atoms. The fourth-order valence-electron chi connectivity index (χ4n) is 5.05. The highest BCUT2D eigenvalue weighted by atomic mass is 16.5. The second-order valence-corrected chi connectivity index (χ2v) is 9.06. The molecule has 0 unspecified atom stereocenters. The molecule has 0 radical (unpaired) electrons. The summed E-state index contributed by atoms with van der Waals surface area (Å²) in [7, 11) is 1.63. The van der Waals surface area contributed by atoms with E-state index < -0.39 is 5.60 Å². The number of hydrogen-bond acceptors (Lipinski definition) is 4. The zero-order valence-electron chi connectivity index (χ0n) is 18.9. The summed E-state index contributed by atoms with van der Waals surface area (Å²) >= 11 is 0. The van der Waals surface area contributed by atoms with Crippen LogP contribution in [0.25, 0.3) is 11.1 Å². The lowest BCUT2D eigenvalue weighted by Crippen LogP contribution is -2.61. The molecule has 32 heavy (non-hydrogen) atoms. The van der Waals surface area contributed by atoms with Gasteiger partial charge in [0.2, 0.25) is 5.91 Å². The highest BCUT2D eigenvalue weighted by Gasteiger charge is 2.44. The van der Waals surface area contributed by atoms with Crippen molar-refractivity contribution in [2.75, 3.05) is 26.7 Å². The molecule has 1 aromatic carbocycles. The molecule has 1 N–H and O–H groups in total. The van der Waals surface area contributed by atoms with Gasteiger partial charge in [0.25, 0.3) is 5.91 Å². The largest absolute Gasteiger partial charge is 0.361 e. The zero-order valence-corrected chi connectivity index (χ0v) is 18.9. The highest BCUT2D eigenvalue weighted by molar-refractivity contribution is 5.87. The lowest BCUT2D eigenvalue weighted by Gasteiger charge is -2.42. The Morgan fingerprint density at radius 3 is 2.66 bits per heavy atom. The lowest BCUT2D eigenvalue weighted by molar-refractivity contribution is -0.166. The van der Waals surface area contributed by atoms with E-state index in [0.29, 0.717) is 31.9 Å². The van der Waals surface area contributed by atoms with E-state index in [9.17, 15) is 9.59 Å². The lowest BCUT2D eigenvalue weighted by atomic mass is 9.86. The van der Waals surface area contributed by atoms with Crippen molar-refractivity contribution in [2.45, 2.75) is 50.5 Å². The third kappa shape index (κ3) is 5.18. The monoisotopic (exact) mass is 435 g/mol. The van der Waals surface area contributed by atoms with Crippen LogP contribution in [0.15, 0.2) is 48.8 Å². The Labute approximate surface area is 190 Å². The molecule has 1 aliphatic carbocycles. The number of aromatic nitrogens is 1. The summed E-state index contributed by atoms with van der Waals surface area (Å²) in [4.78, 5) is 32.0. The molecule has 0 bridgehead atoms. The Morgan fingerprint density at radius 1 is 1.12 bits per heavy atom. The number of carbonyl (C=O) groups is 2. The van der Waals surface area contributed by atoms with Crippen LogP contribution in [0.1, 0.15) is 44.1 Å². The van der Waals surface area contributed by atoms with Gasteiger partial charge in [0.1, 0.15) is 0 Å². The van der Waals surface area contributed by atoms with Crippen molar-refractivity contribution < 1.29 is 14.3 Å². The maximum absolute atomic E-state index is 13.1. The van der Waals surface area contributed by atoms with Crippen LogP contribution in [0.2, 0.25) is 0 Å². The molecule has 2 amide bonds. The smallest absolute Gasteiger partial charge is 0.254 e. The Kier molecular flexibility index (Phi) is 7.20. The zero-order chi connectivity index (χ0) is 22.4. The van der Waals surface area contributed by atoms with Gasteiger partial charge in [0.15, 0.2) is 5.60 Å². The molecule has 170 valence electrons. The number of pyridine rings is 1. The average Bonchev–Trinajstić information content (AvgIpc) is 2.85. The van der Waals surface area contributed by atoms with Crippen LogP contribution in [-0.2, 0) is 20.7 Å². The molecule has 2 aliphatic rings. The van der Waals surface area contributed by atoms with E-state index in [1.807, 2.05) is 35.2 Å². The molecule has 6 heteroatoms. The number of hydrogen-bond donors (Lipinski definition) is 1. The normalized spacial score (nSPS) is 21.8. The number of rotatable bonds is 6. The third-order valence-corrected chi connectivity index (χ3v) is 6.80. The van der Waals surface area contributed by atoms with Gasteiger partial charge in [-0.05, 0) is 47.6 Å². The second-order valence-electron chi connectivity index (χ2n) is 9.06. The molecule has 2 heterocycles. The number of amides is 2. The van der Waals surface area contributed by atoms with Gasteiger partial charge in [0.05, 0.1) is 13.2 Å². The van der Waals surface area contributed by atoms with Crippen LogP contribution in [0.3, 0.4) is 0 Å². The summed E-state index contributed by atoms with van der Waals surface area (Å²) in [5.41, 5.74) is 2.07. The third-order valence-electron chi connectivity index (χ3n) is 6.80. The van der Waals surface area contributed by atoms with E-state index in [-0.39, 0.29) is 18.4 Å². The first-order valence-electron chi connectivity index (χ1n) is 11.7. The first kappa shape index (κ1) is 22.5. The Bertz CT molecular complexity index is 927. The minimum absolute atomic E-state index is 0.152. The fraction of sp³-hybridized carbons (Fsp3) is 0.500. The van der Waals surface area contributed by atoms with Crippen molar-refractivity contribution >= 4 is 11.8 Å². The summed E-state index contributed by atoms with van der Waals surface area (Å²) in [5.74, 6) is 0.450. The molecule has 1 saturated carbocycles. The summed E-state index contributed by atoms with van der Waals surface area (Å²) in [6.45, 7) is 1.20. The quantitative estimate of drug-likeness (QED) is 0.753. The standard InChI is InChI=1S/C26H33N3O3/c1-27-25(31)26(18-21-8-5-9-23(16-21)22-10-12-28-13-11-22)19-29(14-15-32-26)24(30)17-20-6-3-2-4-7-20/h5,8-13,16,20H,2-4,6-7,14-15,17-19H2,1H3,(H,27,31)/t26-/m1/s1. The van der Waals surface area contributed by atoms with E-state index in [0.717, 1.165) is 29.5 Å². The van der Waals surface area contributed by atoms with E-state index in [4.69, 9.17) is 4.74 Å². The molecule has 4 rings (SSSR count). The van der Waals surface area contributed by atoms with Crippen LogP contribution >= 0.6 is 0 Å². The van der Waals surface area contributed by atoms with Crippen molar-refractivity contribution in [3.8, 4) is 11.1 Å². The molecule has 1 saturated heterocycles. The number of benzene rings is 1. The van der Waals surface area contributed by atoms with Crippen molar-refractivity contribution in [3.05, 3.63) is 54.4 Å². The van der Waals surface area contributed by atoms with Gasteiger partial charge in [-0.1, -0.05) is 43.5 Å². The molecule has 1 aromatic heterocycles. The van der Waals surface area contributed by atoms with Crippen molar-refractivity contribution in [3.63, 3.8) is 0 Å². The van der Waals surface area contributed by atoms with Gasteiger partial charge in [-0.15, -0.1) is 0 Å². The first-order valence-corrected chi connectivity index (χ1v) is 11.7. The van der Waals surface area contributed by atoms with Gasteiger partial charge in [-0.25, -0.2) is 0 Å². The Balaban J connectivity index is 1.52. The van der Waals surface area contributed by atoms with Gasteiger partial charge >= 0.3 is 0 Å². The van der Waals surface area contributed by atoms with Crippen LogP contribution in [0.5, 0.6) is 0 Å². The van der Waals surface area contributed by atoms with E-state index in [2.05, 4.69) is 16.4 Å². The number of carbonyl (C=O) groups excluding carboxylic acids is 2. The van der Waals surface area contributed by atoms with E-state index in [1.165, 1.54) is 19.3 Å². The van der Waals surface area contributed by atoms with E-state index >= 15 is 0 Å². The molecular weight excluding hydrogens is 402 g/mol. The van der Waals surface area contributed by atoms with Gasteiger partial charge in [-0.3, -0.25) is 14.6 Å². The Hall–Kier alpha value is -2.73. The summed E-state index contributed by atoms with van der Waals surface area (Å²) in [5, 5.41) is 2.77. The van der Waals surface area contributed by atoms with Crippen molar-refractivity contribution in [2.24, 2.45) is 5.92 Å². The first-order chi connectivity index (χ1) is 15.6. The van der Waals surface area contributed by atoms with Gasteiger partial charge < -0.3 is 15.0 Å². The van der Waals surface area contributed by atoms with Crippen LogP contribution in [-0.4, -0.2) is 54.0 Å². The minimum atomic E-state index is -1.08. The predicted molar refractivity (Wildman–Crippen MR) is 124 cm³/mol. The SMILES string of the molecule is CNC(=O)[C@@]1(Cc2cccc(-c3ccncc3)c2)CN(C(=O)CC2CCCCC2)CCO1. The topological polar surface area (TPSA) is 71.5 Å². The molecular formula is C26H33N3O3. The number of ether oxygens (including phenoxy) is 1. The van der Waals surface area contributed by atoms with Gasteiger partial charge in [-0.2, -0.15) is 0 Å². The summed E-state index contributed by atoms with van der Waals surface area (Å²) < 4.78 is 6.12. The molecule has 2 aromatic rings. The van der Waals surface area contributed by atoms with Crippen LogP contribution in [0.4, 0.5) is 0 Å². The molecule has 1 atom stereocenters. The van der Waals surface area contributed by atoms with Crippen LogP contribution in [0, 0.1) is 5.92 Å². The average molecular weight is 436 g/mol. The summed E-state index contributed by atoms with van der Waals surface area (Å²) in [6, 6.07) is 12.1. The molecule has 6 nitrogen and oxygen atoms in total. The fourth-order valence-corrected chi connectivity index (χ4v) is 5.05. The highest BCUT2D eigenvalue weighted by Crippen LogP contribution is 2.30. The van der Waals surface area contributed by atoms with Crippen LogP contribution < -0.4 is 5.32 Å². The van der Waals surface area contributed by atoms with Crippen molar-refractivity contribution in [1.29, 1.82) is 0 Å². The number of nitrogens with one attached hydrogen (secondary N) is 1. The second kappa shape index (κ2) is 10.3. The van der Waals surface area contributed by atoms with Crippen molar-refractivity contribution in [1.82, 2.24) is 15.2 Å². The summed E-state index contributed by atoms with van der Waals surface area (Å²) in [6.07, 6.45) is 10.5. The Morgan fingerprint density at radius 2 is 1.91 bits per heavy atom. The predicted octanol–water partition coefficient (Wildman–Crippen LogP) is 3.61.